The van der Waals surface area contributed by atoms with E-state index in [4.69, 9.17) is 4.74 Å². The molecule has 2 aromatic rings. The highest BCUT2D eigenvalue weighted by Gasteiger charge is 2.11. The lowest BCUT2D eigenvalue weighted by molar-refractivity contribution is 0.402. The zero-order chi connectivity index (χ0) is 11.7. The first-order chi connectivity index (χ1) is 7.67. The van der Waals surface area contributed by atoms with Gasteiger partial charge in [-0.05, 0) is 24.8 Å². The molecule has 0 bridgehead atoms. The van der Waals surface area contributed by atoms with Crippen molar-refractivity contribution in [2.45, 2.75) is 20.3 Å². The van der Waals surface area contributed by atoms with Crippen LogP contribution in [0.25, 0.3) is 10.8 Å². The van der Waals surface area contributed by atoms with Crippen molar-refractivity contribution in [2.75, 3.05) is 7.11 Å². The van der Waals surface area contributed by atoms with Crippen molar-refractivity contribution >= 4 is 10.8 Å². The molecule has 2 aromatic carbocycles. The van der Waals surface area contributed by atoms with Crippen molar-refractivity contribution in [1.82, 2.24) is 0 Å². The average molecular weight is 216 g/mol. The fourth-order valence-electron chi connectivity index (χ4n) is 2.05. The zero-order valence-electron chi connectivity index (χ0n) is 9.87. The molecule has 0 aliphatic rings. The number of phenolic OH excluding ortho intramolecular Hbond substituents is 1. The fraction of sp³-hybridized carbons (Fsp3) is 0.286. The maximum atomic E-state index is 10.2. The molecule has 16 heavy (non-hydrogen) atoms. The van der Waals surface area contributed by atoms with E-state index in [9.17, 15) is 5.11 Å². The highest BCUT2D eigenvalue weighted by atomic mass is 16.5. The zero-order valence-corrected chi connectivity index (χ0v) is 9.87. The van der Waals surface area contributed by atoms with E-state index in [1.54, 1.807) is 7.11 Å². The van der Waals surface area contributed by atoms with Gasteiger partial charge in [0.1, 0.15) is 11.5 Å². The number of benzene rings is 2. The van der Waals surface area contributed by atoms with Gasteiger partial charge in [0.15, 0.2) is 0 Å². The summed E-state index contributed by atoms with van der Waals surface area (Å²) >= 11 is 0. The lowest BCUT2D eigenvalue weighted by Crippen LogP contribution is -1.92. The topological polar surface area (TPSA) is 29.5 Å². The smallest absolute Gasteiger partial charge is 0.130 e. The van der Waals surface area contributed by atoms with Gasteiger partial charge in [-0.1, -0.05) is 30.7 Å². The Labute approximate surface area is 95.5 Å². The molecule has 0 aromatic heterocycles. The summed E-state index contributed by atoms with van der Waals surface area (Å²) in [6, 6.07) is 8.00. The molecule has 2 heteroatoms. The molecule has 0 saturated heterocycles. The molecule has 1 N–H and O–H groups in total. The van der Waals surface area contributed by atoms with Gasteiger partial charge < -0.3 is 9.84 Å². The summed E-state index contributed by atoms with van der Waals surface area (Å²) in [4.78, 5) is 0. The monoisotopic (exact) mass is 216 g/mol. The minimum atomic E-state index is 0.344. The summed E-state index contributed by atoms with van der Waals surface area (Å²) in [5.74, 6) is 1.11. The molecule has 0 atom stereocenters. The molecule has 0 saturated carbocycles. The molecule has 0 radical (unpaired) electrons. The van der Waals surface area contributed by atoms with E-state index in [1.807, 2.05) is 32.0 Å². The second-order valence-corrected chi connectivity index (χ2v) is 3.98. The van der Waals surface area contributed by atoms with E-state index in [0.29, 0.717) is 5.75 Å². The average Bonchev–Trinajstić information content (AvgIpc) is 2.28. The normalized spacial score (nSPS) is 10.7. The minimum Gasteiger partial charge on any atom is -0.507 e. The largest absolute Gasteiger partial charge is 0.507 e. The molecule has 2 nitrogen and oxygen atoms in total. The SMILES string of the molecule is CCc1c(OC)cc2cc(C)ccc2c1O. The molecule has 0 heterocycles. The van der Waals surface area contributed by atoms with Crippen LogP contribution in [-0.2, 0) is 6.42 Å². The van der Waals surface area contributed by atoms with Gasteiger partial charge in [0.05, 0.1) is 7.11 Å². The van der Waals surface area contributed by atoms with Crippen LogP contribution < -0.4 is 4.74 Å². The Kier molecular flexibility index (Phi) is 2.73. The Hall–Kier alpha value is -1.70. The highest BCUT2D eigenvalue weighted by Crippen LogP contribution is 2.36. The number of rotatable bonds is 2. The van der Waals surface area contributed by atoms with E-state index >= 15 is 0 Å². The lowest BCUT2D eigenvalue weighted by atomic mass is 10.0. The summed E-state index contributed by atoms with van der Waals surface area (Å²) in [6.07, 6.45) is 0.763. The van der Waals surface area contributed by atoms with Gasteiger partial charge in [0, 0.05) is 10.9 Å². The van der Waals surface area contributed by atoms with Crippen molar-refractivity contribution in [1.29, 1.82) is 0 Å². The van der Waals surface area contributed by atoms with Crippen LogP contribution >= 0.6 is 0 Å². The first-order valence-corrected chi connectivity index (χ1v) is 5.46. The molecule has 0 aliphatic heterocycles. The van der Waals surface area contributed by atoms with Crippen LogP contribution in [0.2, 0.25) is 0 Å². The Morgan fingerprint density at radius 2 is 2.00 bits per heavy atom. The summed E-state index contributed by atoms with van der Waals surface area (Å²) in [7, 11) is 1.63. The second kappa shape index (κ2) is 4.05. The maximum absolute atomic E-state index is 10.2. The Morgan fingerprint density at radius 1 is 1.25 bits per heavy atom. The third kappa shape index (κ3) is 1.60. The van der Waals surface area contributed by atoms with Gasteiger partial charge in [-0.15, -0.1) is 0 Å². The second-order valence-electron chi connectivity index (χ2n) is 3.98. The standard InChI is InChI=1S/C14H16O2/c1-4-11-13(16-3)8-10-7-9(2)5-6-12(10)14(11)15/h5-8,15H,4H2,1-3H3. The summed E-state index contributed by atoms with van der Waals surface area (Å²) < 4.78 is 5.31. The number of hydrogen-bond donors (Lipinski definition) is 1. The van der Waals surface area contributed by atoms with Crippen LogP contribution in [0.1, 0.15) is 18.1 Å². The summed E-state index contributed by atoms with van der Waals surface area (Å²) in [5.41, 5.74) is 2.05. The Morgan fingerprint density at radius 3 is 2.62 bits per heavy atom. The number of phenols is 1. The Balaban J connectivity index is 2.82. The first kappa shape index (κ1) is 10.8. The molecule has 0 spiro atoms. The Bertz CT molecular complexity index is 530. The summed E-state index contributed by atoms with van der Waals surface area (Å²) in [5, 5.41) is 12.1. The molecule has 2 rings (SSSR count). The predicted molar refractivity (Wildman–Crippen MR) is 66.3 cm³/mol. The minimum absolute atomic E-state index is 0.344. The molecular formula is C14H16O2. The van der Waals surface area contributed by atoms with Crippen LogP contribution in [0.15, 0.2) is 24.3 Å². The third-order valence-electron chi connectivity index (χ3n) is 2.91. The molecule has 0 amide bonds. The number of methoxy groups -OCH3 is 1. The molecule has 0 aliphatic carbocycles. The first-order valence-electron chi connectivity index (χ1n) is 5.46. The van der Waals surface area contributed by atoms with Crippen molar-refractivity contribution < 1.29 is 9.84 Å². The van der Waals surface area contributed by atoms with Crippen LogP contribution in [-0.4, -0.2) is 12.2 Å². The van der Waals surface area contributed by atoms with Crippen LogP contribution in [0.5, 0.6) is 11.5 Å². The van der Waals surface area contributed by atoms with Crippen molar-refractivity contribution in [2.24, 2.45) is 0 Å². The number of aromatic hydroxyl groups is 1. The lowest BCUT2D eigenvalue weighted by Gasteiger charge is -2.12. The number of hydrogen-bond acceptors (Lipinski definition) is 2. The van der Waals surface area contributed by atoms with Crippen LogP contribution in [0.4, 0.5) is 0 Å². The number of ether oxygens (including phenoxy) is 1. The summed E-state index contributed by atoms with van der Waals surface area (Å²) in [6.45, 7) is 4.05. The van der Waals surface area contributed by atoms with Gasteiger partial charge in [-0.25, -0.2) is 0 Å². The van der Waals surface area contributed by atoms with Crippen molar-refractivity contribution in [3.05, 3.63) is 35.4 Å². The van der Waals surface area contributed by atoms with Gasteiger partial charge in [-0.3, -0.25) is 0 Å². The molecule has 0 unspecified atom stereocenters. The maximum Gasteiger partial charge on any atom is 0.130 e. The molecule has 0 fully saturated rings. The van der Waals surface area contributed by atoms with Gasteiger partial charge in [0.2, 0.25) is 0 Å². The highest BCUT2D eigenvalue weighted by molar-refractivity contribution is 5.91. The van der Waals surface area contributed by atoms with Gasteiger partial charge in [0.25, 0.3) is 0 Å². The molecular weight excluding hydrogens is 200 g/mol. The van der Waals surface area contributed by atoms with E-state index < -0.39 is 0 Å². The van der Waals surface area contributed by atoms with E-state index in [0.717, 1.165) is 28.5 Å². The van der Waals surface area contributed by atoms with E-state index in [1.165, 1.54) is 5.56 Å². The fourth-order valence-corrected chi connectivity index (χ4v) is 2.05. The van der Waals surface area contributed by atoms with E-state index in [-0.39, 0.29) is 0 Å². The van der Waals surface area contributed by atoms with Crippen molar-refractivity contribution in [3.8, 4) is 11.5 Å². The molecule has 84 valence electrons. The number of fused-ring (bicyclic) bond motifs is 1. The van der Waals surface area contributed by atoms with Crippen LogP contribution in [0, 0.1) is 6.92 Å². The van der Waals surface area contributed by atoms with Crippen molar-refractivity contribution in [3.63, 3.8) is 0 Å². The quantitative estimate of drug-likeness (QED) is 0.833. The van der Waals surface area contributed by atoms with E-state index in [2.05, 4.69) is 6.07 Å². The van der Waals surface area contributed by atoms with Gasteiger partial charge >= 0.3 is 0 Å². The van der Waals surface area contributed by atoms with Crippen LogP contribution in [0.3, 0.4) is 0 Å². The third-order valence-corrected chi connectivity index (χ3v) is 2.91. The van der Waals surface area contributed by atoms with Gasteiger partial charge in [-0.2, -0.15) is 0 Å². The number of aryl methyl sites for hydroxylation is 1. The predicted octanol–water partition coefficient (Wildman–Crippen LogP) is 3.42.